The average Bonchev–Trinajstić information content (AvgIpc) is 3.20. The Balaban J connectivity index is 4.75. The van der Waals surface area contributed by atoms with Gasteiger partial charge in [-0.05, 0) is 57.8 Å². The van der Waals surface area contributed by atoms with Crippen molar-refractivity contribution in [3.05, 3.63) is 97.2 Å². The molecular formula is C51H85NO5. The van der Waals surface area contributed by atoms with Gasteiger partial charge in [-0.3, -0.25) is 9.59 Å². The molecule has 324 valence electrons. The third kappa shape index (κ3) is 39.4. The second-order valence-electron chi connectivity index (χ2n) is 15.2. The van der Waals surface area contributed by atoms with E-state index in [1.165, 1.54) is 70.6 Å². The fourth-order valence-corrected chi connectivity index (χ4v) is 6.40. The topological polar surface area (TPSA) is 95.9 Å². The van der Waals surface area contributed by atoms with Crippen molar-refractivity contribution in [2.45, 2.75) is 206 Å². The van der Waals surface area contributed by atoms with Gasteiger partial charge >= 0.3 is 5.97 Å². The molecular weight excluding hydrogens is 707 g/mol. The Kier molecular flexibility index (Phi) is 41.4. The molecule has 0 aliphatic rings. The first-order valence-electron chi connectivity index (χ1n) is 23.1. The van der Waals surface area contributed by atoms with Crippen LogP contribution < -0.4 is 5.32 Å². The molecule has 3 N–H and O–H groups in total. The first-order valence-corrected chi connectivity index (χ1v) is 23.1. The Labute approximate surface area is 350 Å². The van der Waals surface area contributed by atoms with Gasteiger partial charge in [0.15, 0.2) is 0 Å². The second kappa shape index (κ2) is 43.9. The minimum Gasteiger partial charge on any atom is -0.462 e. The third-order valence-electron chi connectivity index (χ3n) is 9.85. The van der Waals surface area contributed by atoms with Crippen LogP contribution in [0.4, 0.5) is 0 Å². The molecule has 0 fully saturated rings. The maximum atomic E-state index is 13.1. The van der Waals surface area contributed by atoms with E-state index in [2.05, 4.69) is 74.7 Å². The van der Waals surface area contributed by atoms with E-state index in [0.29, 0.717) is 19.3 Å². The summed E-state index contributed by atoms with van der Waals surface area (Å²) < 4.78 is 5.86. The zero-order valence-corrected chi connectivity index (χ0v) is 36.7. The number of carbonyl (C=O) groups is 2. The van der Waals surface area contributed by atoms with Gasteiger partial charge in [0, 0.05) is 6.42 Å². The highest BCUT2D eigenvalue weighted by Gasteiger charge is 2.24. The molecule has 0 spiro atoms. The van der Waals surface area contributed by atoms with E-state index in [9.17, 15) is 19.8 Å². The maximum Gasteiger partial charge on any atom is 0.306 e. The van der Waals surface area contributed by atoms with Crippen LogP contribution in [-0.4, -0.2) is 46.9 Å². The largest absolute Gasteiger partial charge is 0.462 e. The zero-order chi connectivity index (χ0) is 41.7. The van der Waals surface area contributed by atoms with Gasteiger partial charge in [0.1, 0.15) is 6.10 Å². The quantitative estimate of drug-likeness (QED) is 0.0327. The van der Waals surface area contributed by atoms with Crippen molar-refractivity contribution in [3.8, 4) is 0 Å². The minimum atomic E-state index is -0.812. The number of hydrogen-bond donors (Lipinski definition) is 3. The molecule has 0 heterocycles. The summed E-state index contributed by atoms with van der Waals surface area (Å²) >= 11 is 0. The van der Waals surface area contributed by atoms with Crippen LogP contribution >= 0.6 is 0 Å². The van der Waals surface area contributed by atoms with Gasteiger partial charge in [-0.25, -0.2) is 0 Å². The van der Waals surface area contributed by atoms with Crippen molar-refractivity contribution >= 4 is 11.9 Å². The predicted octanol–water partition coefficient (Wildman–Crippen LogP) is 13.4. The van der Waals surface area contributed by atoms with Gasteiger partial charge in [-0.2, -0.15) is 0 Å². The van der Waals surface area contributed by atoms with E-state index >= 15 is 0 Å². The molecule has 0 saturated carbocycles. The molecule has 0 aromatic heterocycles. The first-order chi connectivity index (χ1) is 28.0. The Bertz CT molecular complexity index is 1160. The normalized spacial score (nSPS) is 14.3. The summed E-state index contributed by atoms with van der Waals surface area (Å²) in [6.07, 6.45) is 57.5. The highest BCUT2D eigenvalue weighted by molar-refractivity contribution is 5.77. The average molecular weight is 792 g/mol. The molecule has 57 heavy (non-hydrogen) atoms. The lowest BCUT2D eigenvalue weighted by Gasteiger charge is -2.24. The lowest BCUT2D eigenvalue weighted by Crippen LogP contribution is -2.46. The molecule has 0 rings (SSSR count). The van der Waals surface area contributed by atoms with Gasteiger partial charge in [0.05, 0.1) is 25.2 Å². The molecule has 0 aliphatic heterocycles. The van der Waals surface area contributed by atoms with Crippen molar-refractivity contribution in [1.29, 1.82) is 0 Å². The number of ether oxygens (including phenoxy) is 1. The number of nitrogens with one attached hydrogen (secondary N) is 1. The highest BCUT2D eigenvalue weighted by Crippen LogP contribution is 2.16. The molecule has 0 saturated heterocycles. The first kappa shape index (κ1) is 53.8. The number of unbranched alkanes of at least 4 members (excludes halogenated alkanes) is 17. The molecule has 0 aromatic rings. The van der Waals surface area contributed by atoms with E-state index in [-0.39, 0.29) is 24.9 Å². The molecule has 1 amide bonds. The van der Waals surface area contributed by atoms with E-state index in [4.69, 9.17) is 4.74 Å². The van der Waals surface area contributed by atoms with Crippen LogP contribution in [-0.2, 0) is 14.3 Å². The number of aliphatic hydroxyl groups is 2. The number of hydrogen-bond acceptors (Lipinski definition) is 5. The fourth-order valence-electron chi connectivity index (χ4n) is 6.40. The van der Waals surface area contributed by atoms with Crippen LogP contribution in [0.25, 0.3) is 0 Å². The van der Waals surface area contributed by atoms with Crippen LogP contribution in [0.15, 0.2) is 97.2 Å². The van der Waals surface area contributed by atoms with Crippen LogP contribution in [0, 0.1) is 0 Å². The van der Waals surface area contributed by atoms with Crippen molar-refractivity contribution < 1.29 is 24.5 Å². The third-order valence-corrected chi connectivity index (χ3v) is 9.85. The lowest BCUT2D eigenvalue weighted by atomic mass is 10.0. The van der Waals surface area contributed by atoms with E-state index in [0.717, 1.165) is 70.6 Å². The summed E-state index contributed by atoms with van der Waals surface area (Å²) in [7, 11) is 0. The molecule has 0 radical (unpaired) electrons. The monoisotopic (exact) mass is 792 g/mol. The molecule has 3 atom stereocenters. The highest BCUT2D eigenvalue weighted by atomic mass is 16.5. The van der Waals surface area contributed by atoms with Gasteiger partial charge < -0.3 is 20.3 Å². The van der Waals surface area contributed by atoms with Gasteiger partial charge in [-0.15, -0.1) is 0 Å². The standard InChI is InChI=1S/C51H85NO5/c1-4-7-10-13-16-19-22-24-25-27-29-32-35-38-41-44-51(56)57-47(42-39-36-33-30-28-26-23-20-17-14-11-8-5-2)45-50(55)52-48(46-53)49(54)43-40-37-34-31-21-18-15-12-9-6-3/h7-8,10-11,13-14,16-17,19-20,22-23,26,28,30,33,47-49,53-54H,4-6,9,12,15,18,21,24-25,27,29,31-32,34-46H2,1-3H3,(H,52,55)/b10-7+,11-8+,16-13+,17-14+,22-19+,23-20-,28-26-,33-30+. The molecule has 0 aromatic carbocycles. The Hall–Kier alpha value is -3.22. The van der Waals surface area contributed by atoms with Crippen LogP contribution in [0.1, 0.15) is 188 Å². The smallest absolute Gasteiger partial charge is 0.306 e. The molecule has 0 bridgehead atoms. The van der Waals surface area contributed by atoms with E-state index in [1.807, 2.05) is 48.6 Å². The SMILES string of the molecule is CC/C=C/C=C/C=C\C=C/C=C/CCCC(CC(=O)NC(CO)C(O)CCCCCCCCCCCC)OC(=O)CCCCCCCCC/C=C/C=C/C=C/CC. The van der Waals surface area contributed by atoms with Crippen molar-refractivity contribution in [2.24, 2.45) is 0 Å². The number of carbonyl (C=O) groups excluding carboxylic acids is 2. The molecule has 6 heteroatoms. The zero-order valence-electron chi connectivity index (χ0n) is 36.7. The number of aliphatic hydroxyl groups excluding tert-OH is 2. The van der Waals surface area contributed by atoms with Crippen LogP contribution in [0.2, 0.25) is 0 Å². The van der Waals surface area contributed by atoms with E-state index in [1.54, 1.807) is 0 Å². The summed E-state index contributed by atoms with van der Waals surface area (Å²) in [5, 5.41) is 23.6. The molecule has 3 unspecified atom stereocenters. The lowest BCUT2D eigenvalue weighted by molar-refractivity contribution is -0.151. The Morgan fingerprint density at radius 1 is 0.526 bits per heavy atom. The van der Waals surface area contributed by atoms with Crippen molar-refractivity contribution in [1.82, 2.24) is 5.32 Å². The number of allylic oxidation sites excluding steroid dienone is 16. The number of amides is 1. The second-order valence-corrected chi connectivity index (χ2v) is 15.2. The fraction of sp³-hybridized carbons (Fsp3) is 0.647. The maximum absolute atomic E-state index is 13.1. The summed E-state index contributed by atoms with van der Waals surface area (Å²) in [6, 6.07) is -0.730. The Morgan fingerprint density at radius 2 is 0.965 bits per heavy atom. The summed E-state index contributed by atoms with van der Waals surface area (Å²) in [4.78, 5) is 26.0. The number of rotatable bonds is 39. The Morgan fingerprint density at radius 3 is 1.47 bits per heavy atom. The van der Waals surface area contributed by atoms with Crippen molar-refractivity contribution in [2.75, 3.05) is 6.61 Å². The minimum absolute atomic E-state index is 0.0178. The van der Waals surface area contributed by atoms with Gasteiger partial charge in [0.2, 0.25) is 5.91 Å². The predicted molar refractivity (Wildman–Crippen MR) is 245 cm³/mol. The van der Waals surface area contributed by atoms with Gasteiger partial charge in [-0.1, -0.05) is 214 Å². The summed E-state index contributed by atoms with van der Waals surface area (Å²) in [5.41, 5.74) is 0. The summed E-state index contributed by atoms with van der Waals surface area (Å²) in [6.45, 7) is 6.15. The van der Waals surface area contributed by atoms with Crippen LogP contribution in [0.5, 0.6) is 0 Å². The molecule has 0 aliphatic carbocycles. The summed E-state index contributed by atoms with van der Waals surface area (Å²) in [5.74, 6) is -0.572. The molecule has 6 nitrogen and oxygen atoms in total. The van der Waals surface area contributed by atoms with Crippen LogP contribution in [0.3, 0.4) is 0 Å². The van der Waals surface area contributed by atoms with Gasteiger partial charge in [0.25, 0.3) is 0 Å². The number of esters is 1. The van der Waals surface area contributed by atoms with E-state index < -0.39 is 18.2 Å². The van der Waals surface area contributed by atoms with Crippen molar-refractivity contribution in [3.63, 3.8) is 0 Å².